The van der Waals surface area contributed by atoms with Gasteiger partial charge in [0.15, 0.2) is 0 Å². The first-order chi connectivity index (χ1) is 8.06. The molecule has 0 saturated carbocycles. The second kappa shape index (κ2) is 7.07. The van der Waals surface area contributed by atoms with Crippen LogP contribution in [0.2, 0.25) is 0 Å². The molecule has 96 valence electrons. The van der Waals surface area contributed by atoms with Crippen molar-refractivity contribution in [1.29, 1.82) is 0 Å². The largest absolute Gasteiger partial charge is 0.377 e. The van der Waals surface area contributed by atoms with Gasteiger partial charge in [-0.3, -0.25) is 0 Å². The molecule has 1 aromatic carbocycles. The summed E-state index contributed by atoms with van der Waals surface area (Å²) in [5.41, 5.74) is 1.45. The summed E-state index contributed by atoms with van der Waals surface area (Å²) in [4.78, 5) is 0. The van der Waals surface area contributed by atoms with Gasteiger partial charge in [-0.15, -0.1) is 0 Å². The first-order valence-electron chi connectivity index (χ1n) is 6.25. The Hall–Kier alpha value is -0.470. The second-order valence-electron chi connectivity index (χ2n) is 4.82. The van der Waals surface area contributed by atoms with Gasteiger partial charge in [-0.25, -0.2) is 0 Å². The van der Waals surface area contributed by atoms with Gasteiger partial charge in [-0.2, -0.15) is 0 Å². The number of methoxy groups -OCH3 is 1. The zero-order valence-corrected chi connectivity index (χ0v) is 12.5. The van der Waals surface area contributed by atoms with Crippen molar-refractivity contribution >= 4 is 10.9 Å². The van der Waals surface area contributed by atoms with Crippen LogP contribution in [0.15, 0.2) is 30.3 Å². The minimum Gasteiger partial charge on any atom is -0.377 e. The summed E-state index contributed by atoms with van der Waals surface area (Å²) in [7, 11) is 2.20. The van der Waals surface area contributed by atoms with Gasteiger partial charge in [0.05, 0.1) is 6.26 Å². The van der Waals surface area contributed by atoms with Crippen LogP contribution in [-0.2, 0) is 15.6 Å². The quantitative estimate of drug-likeness (QED) is 0.706. The van der Waals surface area contributed by atoms with E-state index in [0.29, 0.717) is 28.2 Å². The minimum atomic E-state index is 0.353. The molecule has 0 heterocycles. The molecule has 0 amide bonds. The van der Waals surface area contributed by atoms with Crippen LogP contribution in [-0.4, -0.2) is 30.5 Å². The Balaban J connectivity index is 2.54. The van der Waals surface area contributed by atoms with Gasteiger partial charge in [0, 0.05) is 13.0 Å². The Labute approximate surface area is 109 Å². The van der Waals surface area contributed by atoms with Gasteiger partial charge in [0.25, 0.3) is 0 Å². The van der Waals surface area contributed by atoms with Crippen LogP contribution in [0.3, 0.4) is 0 Å². The van der Waals surface area contributed by atoms with Crippen LogP contribution >= 0.6 is 0 Å². The zero-order chi connectivity index (χ0) is 12.8. The molecule has 0 aliphatic carbocycles. The van der Waals surface area contributed by atoms with E-state index in [-0.39, 0.29) is 0 Å². The molecule has 0 bridgehead atoms. The van der Waals surface area contributed by atoms with Crippen molar-refractivity contribution < 1.29 is 4.74 Å². The predicted molar refractivity (Wildman–Crippen MR) is 78.9 cm³/mol. The molecule has 0 radical (unpaired) electrons. The van der Waals surface area contributed by atoms with E-state index in [1.807, 2.05) is 0 Å². The van der Waals surface area contributed by atoms with Crippen molar-refractivity contribution in [3.05, 3.63) is 35.9 Å². The molecule has 4 unspecified atom stereocenters. The average molecular weight is 253 g/mol. The summed E-state index contributed by atoms with van der Waals surface area (Å²) >= 11 is 0. The Bertz CT molecular complexity index is 312. The Morgan fingerprint density at radius 1 is 1.12 bits per heavy atom. The molecule has 1 nitrogen and oxygen atoms in total. The molecule has 2 heteroatoms. The van der Waals surface area contributed by atoms with E-state index in [4.69, 9.17) is 4.74 Å². The predicted octanol–water partition coefficient (Wildman–Crippen LogP) is 3.46. The zero-order valence-electron chi connectivity index (χ0n) is 11.6. The summed E-state index contributed by atoms with van der Waals surface area (Å²) < 4.78 is 5.43. The van der Waals surface area contributed by atoms with Gasteiger partial charge < -0.3 is 4.74 Å². The maximum Gasteiger partial charge on any atom is 0.140 e. The maximum atomic E-state index is 5.43. The average Bonchev–Trinajstić information content (AvgIpc) is 2.37. The van der Waals surface area contributed by atoms with Gasteiger partial charge in [0.2, 0.25) is 0 Å². The number of ether oxygens (including phenoxy) is 1. The Kier molecular flexibility index (Phi) is 6.07. The van der Waals surface area contributed by atoms with Crippen molar-refractivity contribution in [2.45, 2.75) is 38.0 Å². The fourth-order valence-corrected chi connectivity index (χ4v) is 3.99. The molecule has 4 atom stereocenters. The van der Waals surface area contributed by atoms with Crippen LogP contribution in [0.25, 0.3) is 0 Å². The van der Waals surface area contributed by atoms with Crippen molar-refractivity contribution in [1.82, 2.24) is 0 Å². The third-order valence-electron chi connectivity index (χ3n) is 3.55. The van der Waals surface area contributed by atoms with E-state index in [2.05, 4.69) is 57.4 Å². The molecular weight excluding hydrogens is 228 g/mol. The highest BCUT2D eigenvalue weighted by Crippen LogP contribution is 2.20. The van der Waals surface area contributed by atoms with Gasteiger partial charge in [-0.1, -0.05) is 37.3 Å². The summed E-state index contributed by atoms with van der Waals surface area (Å²) in [6, 6.07) is 10.8. The SMILES string of the molecule is COC(C)C(C)[S+](C)CC(C)c1ccccc1. The Morgan fingerprint density at radius 2 is 1.71 bits per heavy atom. The van der Waals surface area contributed by atoms with Crippen molar-refractivity contribution in [2.75, 3.05) is 19.1 Å². The molecule has 1 aromatic rings. The molecule has 0 spiro atoms. The smallest absolute Gasteiger partial charge is 0.140 e. The van der Waals surface area contributed by atoms with Crippen LogP contribution in [0, 0.1) is 0 Å². The number of rotatable bonds is 6. The van der Waals surface area contributed by atoms with Crippen molar-refractivity contribution in [3.63, 3.8) is 0 Å². The van der Waals surface area contributed by atoms with E-state index in [0.717, 1.165) is 0 Å². The van der Waals surface area contributed by atoms with E-state index in [9.17, 15) is 0 Å². The minimum absolute atomic E-state index is 0.353. The molecule has 0 fully saturated rings. The first-order valence-corrected chi connectivity index (χ1v) is 8.11. The molecule has 0 aromatic heterocycles. The molecule has 0 aliphatic heterocycles. The lowest BCUT2D eigenvalue weighted by atomic mass is 10.0. The Morgan fingerprint density at radius 3 is 2.24 bits per heavy atom. The van der Waals surface area contributed by atoms with Crippen LogP contribution in [0.4, 0.5) is 0 Å². The maximum absolute atomic E-state index is 5.43. The number of hydrogen-bond acceptors (Lipinski definition) is 1. The van der Waals surface area contributed by atoms with Gasteiger partial charge in [-0.05, 0) is 30.3 Å². The number of hydrogen-bond donors (Lipinski definition) is 0. The highest BCUT2D eigenvalue weighted by atomic mass is 32.2. The van der Waals surface area contributed by atoms with Crippen LogP contribution in [0.1, 0.15) is 32.3 Å². The lowest BCUT2D eigenvalue weighted by molar-refractivity contribution is 0.119. The third-order valence-corrected chi connectivity index (χ3v) is 6.23. The molecule has 0 aliphatic rings. The molecule has 0 saturated heterocycles. The summed E-state index contributed by atoms with van der Waals surface area (Å²) in [5, 5.41) is 0.631. The highest BCUT2D eigenvalue weighted by Gasteiger charge is 2.29. The van der Waals surface area contributed by atoms with E-state index >= 15 is 0 Å². The summed E-state index contributed by atoms with van der Waals surface area (Å²) in [6.07, 6.45) is 2.71. The molecule has 0 N–H and O–H groups in total. The fourth-order valence-electron chi connectivity index (χ4n) is 1.94. The van der Waals surface area contributed by atoms with Crippen molar-refractivity contribution in [3.8, 4) is 0 Å². The van der Waals surface area contributed by atoms with E-state index in [1.165, 1.54) is 11.3 Å². The molecule has 1 rings (SSSR count). The second-order valence-corrected chi connectivity index (χ2v) is 7.27. The number of benzene rings is 1. The first kappa shape index (κ1) is 14.6. The fraction of sp³-hybridized carbons (Fsp3) is 0.600. The lowest BCUT2D eigenvalue weighted by Crippen LogP contribution is -2.33. The summed E-state index contributed by atoms with van der Waals surface area (Å²) in [5.74, 6) is 1.88. The van der Waals surface area contributed by atoms with Crippen LogP contribution < -0.4 is 0 Å². The van der Waals surface area contributed by atoms with E-state index < -0.39 is 0 Å². The molecule has 17 heavy (non-hydrogen) atoms. The molecular formula is C15H25OS+. The lowest BCUT2D eigenvalue weighted by Gasteiger charge is -2.20. The van der Waals surface area contributed by atoms with Crippen LogP contribution in [0.5, 0.6) is 0 Å². The monoisotopic (exact) mass is 253 g/mol. The van der Waals surface area contributed by atoms with Gasteiger partial charge >= 0.3 is 0 Å². The van der Waals surface area contributed by atoms with E-state index in [1.54, 1.807) is 7.11 Å². The summed E-state index contributed by atoms with van der Waals surface area (Å²) in [6.45, 7) is 6.79. The normalized spacial score (nSPS) is 18.4. The van der Waals surface area contributed by atoms with Gasteiger partial charge in [0.1, 0.15) is 17.1 Å². The van der Waals surface area contributed by atoms with Crippen molar-refractivity contribution in [2.24, 2.45) is 0 Å². The topological polar surface area (TPSA) is 9.23 Å². The standard InChI is InChI=1S/C15H25OS/c1-12(15-9-7-6-8-10-15)11-17(5)14(3)13(2)16-4/h6-10,12-14H,11H2,1-5H3/q+1. The third kappa shape index (κ3) is 4.36. The highest BCUT2D eigenvalue weighted by molar-refractivity contribution is 7.96.